The highest BCUT2D eigenvalue weighted by atomic mass is 16.9. The summed E-state index contributed by atoms with van der Waals surface area (Å²) in [6.45, 7) is 3.89. The molecule has 0 fully saturated rings. The predicted octanol–water partition coefficient (Wildman–Crippen LogP) is 2.12. The van der Waals surface area contributed by atoms with Crippen molar-refractivity contribution < 1.29 is 9.92 Å². The highest BCUT2D eigenvalue weighted by Gasteiger charge is 1.96. The van der Waals surface area contributed by atoms with Crippen LogP contribution in [0, 0.1) is 16.0 Å². The van der Waals surface area contributed by atoms with Crippen molar-refractivity contribution in [3.05, 3.63) is 10.1 Å². The third-order valence-electron chi connectivity index (χ3n) is 0.513. The fraction of sp³-hybridized carbons (Fsp3) is 1.00. The first-order valence-corrected chi connectivity index (χ1v) is 2.40. The van der Waals surface area contributed by atoms with Gasteiger partial charge in [-0.3, -0.25) is 0 Å². The van der Waals surface area contributed by atoms with E-state index in [-0.39, 0.29) is 27.4 Å². The molecule has 0 rings (SSSR count). The van der Waals surface area contributed by atoms with Crippen molar-refractivity contribution in [2.45, 2.75) is 28.7 Å². The van der Waals surface area contributed by atoms with Gasteiger partial charge < -0.3 is 4.84 Å². The lowest BCUT2D eigenvalue weighted by Crippen LogP contribution is -2.06. The third kappa shape index (κ3) is 15.7. The molecule has 64 valence electrons. The van der Waals surface area contributed by atoms with Gasteiger partial charge in [0, 0.05) is 0 Å². The summed E-state index contributed by atoms with van der Waals surface area (Å²) in [5, 5.41) is 8.71. The molecule has 0 aromatic carbocycles. The Bertz CT molecular complexity index is 83.1. The maximum Gasteiger partial charge on any atom is 0.294 e. The standard InChI is InChI=1S/C4H9NO3.2CH4/c1-4(2)3-8-5(6)7;;/h4H,3H2,1-2H3;2*1H4. The molecule has 0 aromatic heterocycles. The topological polar surface area (TPSA) is 52.4 Å². The third-order valence-corrected chi connectivity index (χ3v) is 0.513. The van der Waals surface area contributed by atoms with Crippen LogP contribution in [-0.2, 0) is 4.84 Å². The SMILES string of the molecule is C.C.CC(C)CO[N+](=O)[O-]. The summed E-state index contributed by atoms with van der Waals surface area (Å²) >= 11 is 0. The van der Waals surface area contributed by atoms with Crippen LogP contribution < -0.4 is 0 Å². The molecule has 0 saturated heterocycles. The van der Waals surface area contributed by atoms with E-state index in [4.69, 9.17) is 0 Å². The quantitative estimate of drug-likeness (QED) is 0.458. The fourth-order valence-corrected chi connectivity index (χ4v) is 0.210. The summed E-state index contributed by atoms with van der Waals surface area (Å²) in [5.41, 5.74) is 0. The Kier molecular flexibility index (Phi) is 13.2. The van der Waals surface area contributed by atoms with Gasteiger partial charge in [0.25, 0.3) is 5.09 Å². The lowest BCUT2D eigenvalue weighted by atomic mass is 10.2. The summed E-state index contributed by atoms with van der Waals surface area (Å²) in [5.74, 6) is 0.223. The van der Waals surface area contributed by atoms with Crippen LogP contribution in [-0.4, -0.2) is 11.7 Å². The molecule has 0 unspecified atom stereocenters. The Morgan fingerprint density at radius 2 is 1.90 bits per heavy atom. The van der Waals surface area contributed by atoms with Crippen molar-refractivity contribution in [2.24, 2.45) is 5.92 Å². The second kappa shape index (κ2) is 8.20. The summed E-state index contributed by atoms with van der Waals surface area (Å²) in [6, 6.07) is 0. The number of rotatable bonds is 3. The highest BCUT2D eigenvalue weighted by molar-refractivity contribution is 4.34. The molecule has 0 aromatic rings. The van der Waals surface area contributed by atoms with Crippen molar-refractivity contribution >= 4 is 0 Å². The zero-order valence-corrected chi connectivity index (χ0v) is 4.96. The molecule has 0 radical (unpaired) electrons. The van der Waals surface area contributed by atoms with Crippen molar-refractivity contribution in [1.82, 2.24) is 0 Å². The van der Waals surface area contributed by atoms with Gasteiger partial charge in [-0.05, 0) is 5.92 Å². The van der Waals surface area contributed by atoms with Gasteiger partial charge in [-0.1, -0.05) is 28.7 Å². The van der Waals surface area contributed by atoms with E-state index in [9.17, 15) is 10.1 Å². The molecule has 0 amide bonds. The minimum absolute atomic E-state index is 0. The van der Waals surface area contributed by atoms with Crippen LogP contribution in [0.5, 0.6) is 0 Å². The Hall–Kier alpha value is -0.800. The van der Waals surface area contributed by atoms with Gasteiger partial charge in [0.05, 0.1) is 6.61 Å². The van der Waals surface area contributed by atoms with E-state index in [1.807, 2.05) is 13.8 Å². The maximum absolute atomic E-state index is 9.49. The summed E-state index contributed by atoms with van der Waals surface area (Å²) in [4.78, 5) is 13.5. The first-order valence-electron chi connectivity index (χ1n) is 2.40. The van der Waals surface area contributed by atoms with E-state index in [0.717, 1.165) is 0 Å². The Balaban J connectivity index is -0.000000245. The molecule has 0 spiro atoms. The lowest BCUT2D eigenvalue weighted by Gasteiger charge is -1.99. The largest absolute Gasteiger partial charge is 0.314 e. The first-order chi connectivity index (χ1) is 3.63. The molecule has 10 heavy (non-hydrogen) atoms. The molecular formula is C6H17NO3. The Labute approximate surface area is 62.3 Å². The molecule has 0 aliphatic heterocycles. The second-order valence-electron chi connectivity index (χ2n) is 1.91. The van der Waals surface area contributed by atoms with Crippen molar-refractivity contribution in [3.8, 4) is 0 Å². The zero-order valence-electron chi connectivity index (χ0n) is 4.96. The van der Waals surface area contributed by atoms with Crippen LogP contribution in [0.3, 0.4) is 0 Å². The van der Waals surface area contributed by atoms with Gasteiger partial charge in [0.2, 0.25) is 0 Å². The molecule has 4 nitrogen and oxygen atoms in total. The van der Waals surface area contributed by atoms with Crippen molar-refractivity contribution in [3.63, 3.8) is 0 Å². The van der Waals surface area contributed by atoms with E-state index < -0.39 is 5.09 Å². The summed E-state index contributed by atoms with van der Waals surface area (Å²) in [7, 11) is 0. The predicted molar refractivity (Wildman–Crippen MR) is 41.2 cm³/mol. The van der Waals surface area contributed by atoms with Gasteiger partial charge >= 0.3 is 0 Å². The van der Waals surface area contributed by atoms with Gasteiger partial charge in [-0.15, -0.1) is 10.1 Å². The van der Waals surface area contributed by atoms with E-state index in [1.54, 1.807) is 0 Å². The molecule has 0 bridgehead atoms. The minimum Gasteiger partial charge on any atom is -0.314 e. The lowest BCUT2D eigenvalue weighted by molar-refractivity contribution is -0.759. The van der Waals surface area contributed by atoms with Crippen molar-refractivity contribution in [1.29, 1.82) is 0 Å². The Morgan fingerprint density at radius 3 is 2.00 bits per heavy atom. The van der Waals surface area contributed by atoms with Crippen LogP contribution >= 0.6 is 0 Å². The average molecular weight is 151 g/mol. The van der Waals surface area contributed by atoms with Crippen LogP contribution in [0.4, 0.5) is 0 Å². The number of nitrogens with zero attached hydrogens (tertiary/aromatic N) is 1. The summed E-state index contributed by atoms with van der Waals surface area (Å²) < 4.78 is 0. The molecular weight excluding hydrogens is 134 g/mol. The van der Waals surface area contributed by atoms with E-state index >= 15 is 0 Å². The molecule has 0 saturated carbocycles. The minimum atomic E-state index is -0.778. The van der Waals surface area contributed by atoms with E-state index in [0.29, 0.717) is 0 Å². The van der Waals surface area contributed by atoms with Gasteiger partial charge in [-0.2, -0.15) is 0 Å². The number of hydrogen-bond acceptors (Lipinski definition) is 3. The maximum atomic E-state index is 9.49. The Morgan fingerprint density at radius 1 is 1.50 bits per heavy atom. The van der Waals surface area contributed by atoms with Crippen molar-refractivity contribution in [2.75, 3.05) is 6.61 Å². The van der Waals surface area contributed by atoms with Crippen LogP contribution in [0.2, 0.25) is 0 Å². The molecule has 0 atom stereocenters. The molecule has 0 aliphatic carbocycles. The molecule has 4 heteroatoms. The fourth-order valence-electron chi connectivity index (χ4n) is 0.210. The highest BCUT2D eigenvalue weighted by Crippen LogP contribution is 1.90. The van der Waals surface area contributed by atoms with Crippen LogP contribution in [0.1, 0.15) is 28.7 Å². The van der Waals surface area contributed by atoms with Gasteiger partial charge in [0.1, 0.15) is 0 Å². The number of hydrogen-bond donors (Lipinski definition) is 0. The van der Waals surface area contributed by atoms with Crippen LogP contribution in [0.25, 0.3) is 0 Å². The average Bonchev–Trinajstić information content (AvgIpc) is 1.61. The molecule has 0 N–H and O–H groups in total. The second-order valence-corrected chi connectivity index (χ2v) is 1.91. The van der Waals surface area contributed by atoms with E-state index in [2.05, 4.69) is 4.84 Å². The summed E-state index contributed by atoms with van der Waals surface area (Å²) in [6.07, 6.45) is 0. The molecule has 0 heterocycles. The smallest absolute Gasteiger partial charge is 0.294 e. The first kappa shape index (κ1) is 16.1. The van der Waals surface area contributed by atoms with E-state index in [1.165, 1.54) is 0 Å². The van der Waals surface area contributed by atoms with Crippen LogP contribution in [0.15, 0.2) is 0 Å². The molecule has 0 aliphatic rings. The zero-order chi connectivity index (χ0) is 6.57. The van der Waals surface area contributed by atoms with Gasteiger partial charge in [0.15, 0.2) is 0 Å². The normalized spacial score (nSPS) is 7.50. The van der Waals surface area contributed by atoms with Gasteiger partial charge in [-0.25, -0.2) is 0 Å². The monoisotopic (exact) mass is 151 g/mol.